The fraction of sp³-hybridized carbons (Fsp3) is 0.556. The van der Waals surface area contributed by atoms with Crippen LogP contribution < -0.4 is 4.90 Å². The van der Waals surface area contributed by atoms with Crippen LogP contribution in [0, 0.1) is 5.92 Å². The summed E-state index contributed by atoms with van der Waals surface area (Å²) in [6, 6.07) is 1.90. The molecule has 0 radical (unpaired) electrons. The minimum Gasteiger partial charge on any atom is -0.481 e. The highest BCUT2D eigenvalue weighted by atomic mass is 16.4. The molecule has 14 heavy (non-hydrogen) atoms. The molecule has 0 atom stereocenters. The lowest BCUT2D eigenvalue weighted by molar-refractivity contribution is -0.142. The number of aliphatic carboxylic acids is 1. The summed E-state index contributed by atoms with van der Waals surface area (Å²) in [4.78, 5) is 12.8. The minimum absolute atomic E-state index is 0.172. The topological polar surface area (TPSA) is 69.2 Å². The lowest BCUT2D eigenvalue weighted by Gasteiger charge is -2.30. The van der Waals surface area contributed by atoms with Gasteiger partial charge in [-0.15, -0.1) is 0 Å². The Morgan fingerprint density at radius 2 is 2.29 bits per heavy atom. The van der Waals surface area contributed by atoms with Crippen LogP contribution in [0.3, 0.4) is 0 Å². The molecular formula is C9H13N3O2. The third-order valence-electron chi connectivity index (χ3n) is 2.67. The summed E-state index contributed by atoms with van der Waals surface area (Å²) in [5, 5.41) is 15.6. The Morgan fingerprint density at radius 3 is 2.79 bits per heavy atom. The average molecular weight is 195 g/mol. The molecule has 1 saturated heterocycles. The molecular weight excluding hydrogens is 182 g/mol. The number of rotatable bonds is 2. The molecule has 0 bridgehead atoms. The molecule has 0 aliphatic carbocycles. The summed E-state index contributed by atoms with van der Waals surface area (Å²) < 4.78 is 0. The van der Waals surface area contributed by atoms with Crippen LogP contribution in [0.4, 0.5) is 5.82 Å². The number of hydrogen-bond acceptors (Lipinski definition) is 3. The first-order chi connectivity index (χ1) is 6.77. The molecule has 1 aliphatic heterocycles. The van der Waals surface area contributed by atoms with Gasteiger partial charge in [0.1, 0.15) is 5.82 Å². The molecule has 5 heteroatoms. The van der Waals surface area contributed by atoms with E-state index in [2.05, 4.69) is 15.1 Å². The van der Waals surface area contributed by atoms with E-state index in [9.17, 15) is 4.79 Å². The van der Waals surface area contributed by atoms with Crippen molar-refractivity contribution in [2.45, 2.75) is 12.8 Å². The Balaban J connectivity index is 1.93. The van der Waals surface area contributed by atoms with E-state index in [1.54, 1.807) is 6.20 Å². The van der Waals surface area contributed by atoms with Crippen LogP contribution in [-0.2, 0) is 4.79 Å². The van der Waals surface area contributed by atoms with E-state index in [1.807, 2.05) is 6.07 Å². The third-order valence-corrected chi connectivity index (χ3v) is 2.67. The van der Waals surface area contributed by atoms with Crippen LogP contribution in [0.25, 0.3) is 0 Å². The van der Waals surface area contributed by atoms with Gasteiger partial charge in [0.2, 0.25) is 0 Å². The first kappa shape index (κ1) is 9.05. The number of H-pyrrole nitrogens is 1. The van der Waals surface area contributed by atoms with Gasteiger partial charge >= 0.3 is 5.97 Å². The van der Waals surface area contributed by atoms with Crippen molar-refractivity contribution in [3.05, 3.63) is 12.3 Å². The zero-order valence-corrected chi connectivity index (χ0v) is 7.81. The van der Waals surface area contributed by atoms with Crippen molar-refractivity contribution in [2.24, 2.45) is 5.92 Å². The fourth-order valence-electron chi connectivity index (χ4n) is 1.79. The molecule has 0 amide bonds. The summed E-state index contributed by atoms with van der Waals surface area (Å²) in [5.41, 5.74) is 0. The van der Waals surface area contributed by atoms with Crippen LogP contribution in [0.5, 0.6) is 0 Å². The summed E-state index contributed by atoms with van der Waals surface area (Å²) >= 11 is 0. The second-order valence-electron chi connectivity index (χ2n) is 3.54. The van der Waals surface area contributed by atoms with E-state index in [1.165, 1.54) is 0 Å². The highest BCUT2D eigenvalue weighted by Gasteiger charge is 2.24. The SMILES string of the molecule is O=C(O)C1CCN(c2ccn[nH]2)CC1. The van der Waals surface area contributed by atoms with Gasteiger partial charge in [-0.1, -0.05) is 0 Å². The molecule has 76 valence electrons. The van der Waals surface area contributed by atoms with Crippen LogP contribution in [-0.4, -0.2) is 34.4 Å². The van der Waals surface area contributed by atoms with Crippen molar-refractivity contribution < 1.29 is 9.90 Å². The van der Waals surface area contributed by atoms with Crippen LogP contribution in [0.2, 0.25) is 0 Å². The molecule has 1 fully saturated rings. The number of carbonyl (C=O) groups is 1. The molecule has 2 rings (SSSR count). The van der Waals surface area contributed by atoms with Gasteiger partial charge < -0.3 is 10.0 Å². The Morgan fingerprint density at radius 1 is 1.57 bits per heavy atom. The quantitative estimate of drug-likeness (QED) is 0.729. The lowest BCUT2D eigenvalue weighted by atomic mass is 9.97. The number of piperidine rings is 1. The van der Waals surface area contributed by atoms with Gasteiger partial charge in [-0.3, -0.25) is 9.89 Å². The van der Waals surface area contributed by atoms with Gasteiger partial charge in [-0.2, -0.15) is 5.10 Å². The van der Waals surface area contributed by atoms with Gasteiger partial charge in [-0.05, 0) is 12.8 Å². The van der Waals surface area contributed by atoms with Crippen molar-refractivity contribution >= 4 is 11.8 Å². The van der Waals surface area contributed by atoms with E-state index in [-0.39, 0.29) is 5.92 Å². The van der Waals surface area contributed by atoms with E-state index < -0.39 is 5.97 Å². The highest BCUT2D eigenvalue weighted by Crippen LogP contribution is 2.21. The molecule has 2 heterocycles. The second-order valence-corrected chi connectivity index (χ2v) is 3.54. The molecule has 1 aromatic rings. The lowest BCUT2D eigenvalue weighted by Crippen LogP contribution is -2.36. The number of anilines is 1. The zero-order valence-electron chi connectivity index (χ0n) is 7.81. The number of nitrogens with zero attached hydrogens (tertiary/aromatic N) is 2. The predicted octanol–water partition coefficient (Wildman–Crippen LogP) is 0.711. The van der Waals surface area contributed by atoms with Gasteiger partial charge in [-0.25, -0.2) is 0 Å². The average Bonchev–Trinajstić information content (AvgIpc) is 2.71. The third kappa shape index (κ3) is 1.71. The molecule has 5 nitrogen and oxygen atoms in total. The Bertz CT molecular complexity index is 302. The monoisotopic (exact) mass is 195 g/mol. The van der Waals surface area contributed by atoms with Gasteiger partial charge in [0, 0.05) is 19.2 Å². The maximum Gasteiger partial charge on any atom is 0.306 e. The number of carboxylic acid groups (broad SMARTS) is 1. The number of carboxylic acids is 1. The number of nitrogens with one attached hydrogen (secondary N) is 1. The summed E-state index contributed by atoms with van der Waals surface area (Å²) in [6.45, 7) is 1.58. The van der Waals surface area contributed by atoms with E-state index >= 15 is 0 Å². The molecule has 1 aromatic heterocycles. The number of aromatic amines is 1. The largest absolute Gasteiger partial charge is 0.481 e. The second kappa shape index (κ2) is 3.69. The van der Waals surface area contributed by atoms with Gasteiger partial charge in [0.15, 0.2) is 0 Å². The van der Waals surface area contributed by atoms with Crippen molar-refractivity contribution in [3.63, 3.8) is 0 Å². The van der Waals surface area contributed by atoms with E-state index in [0.29, 0.717) is 12.8 Å². The number of aromatic nitrogens is 2. The van der Waals surface area contributed by atoms with Crippen LogP contribution >= 0.6 is 0 Å². The number of hydrogen-bond donors (Lipinski definition) is 2. The molecule has 0 aromatic carbocycles. The smallest absolute Gasteiger partial charge is 0.306 e. The fourth-order valence-corrected chi connectivity index (χ4v) is 1.79. The Kier molecular flexibility index (Phi) is 2.39. The Hall–Kier alpha value is -1.52. The van der Waals surface area contributed by atoms with Crippen molar-refractivity contribution in [1.82, 2.24) is 10.2 Å². The van der Waals surface area contributed by atoms with Crippen molar-refractivity contribution in [3.8, 4) is 0 Å². The zero-order chi connectivity index (χ0) is 9.97. The van der Waals surface area contributed by atoms with Crippen LogP contribution in [0.15, 0.2) is 12.3 Å². The molecule has 0 spiro atoms. The summed E-state index contributed by atoms with van der Waals surface area (Å²) in [7, 11) is 0. The molecule has 2 N–H and O–H groups in total. The minimum atomic E-state index is -0.672. The van der Waals surface area contributed by atoms with Crippen molar-refractivity contribution in [2.75, 3.05) is 18.0 Å². The molecule has 0 saturated carbocycles. The van der Waals surface area contributed by atoms with E-state index in [0.717, 1.165) is 18.9 Å². The Labute approximate surface area is 81.7 Å². The van der Waals surface area contributed by atoms with Crippen molar-refractivity contribution in [1.29, 1.82) is 0 Å². The maximum absolute atomic E-state index is 10.7. The molecule has 1 aliphatic rings. The normalized spacial score (nSPS) is 18.4. The highest BCUT2D eigenvalue weighted by molar-refractivity contribution is 5.70. The van der Waals surface area contributed by atoms with Gasteiger partial charge in [0.05, 0.1) is 12.1 Å². The molecule has 0 unspecified atom stereocenters. The summed E-state index contributed by atoms with van der Waals surface area (Å²) in [6.07, 6.45) is 3.14. The predicted molar refractivity (Wildman–Crippen MR) is 51.2 cm³/mol. The maximum atomic E-state index is 10.7. The first-order valence-corrected chi connectivity index (χ1v) is 4.74. The van der Waals surface area contributed by atoms with Gasteiger partial charge in [0.25, 0.3) is 0 Å². The first-order valence-electron chi connectivity index (χ1n) is 4.74. The van der Waals surface area contributed by atoms with Crippen LogP contribution in [0.1, 0.15) is 12.8 Å². The standard InChI is InChI=1S/C9H13N3O2/c13-9(14)7-2-5-12(6-3-7)8-1-4-10-11-8/h1,4,7H,2-3,5-6H2,(H,10,11)(H,13,14). The van der Waals surface area contributed by atoms with E-state index in [4.69, 9.17) is 5.11 Å². The summed E-state index contributed by atoms with van der Waals surface area (Å²) in [5.74, 6) is 0.136.